The molecular formula is C27H39F2N5O5S. The average Bonchev–Trinajstić information content (AvgIpc) is 2.95. The van der Waals surface area contributed by atoms with Gasteiger partial charge in [-0.1, -0.05) is 31.5 Å². The molecule has 2 amide bonds. The molecule has 1 aliphatic rings. The Kier molecular flexibility index (Phi) is 13.6. The first-order valence-electron chi connectivity index (χ1n) is 13.1. The zero-order valence-corrected chi connectivity index (χ0v) is 24.5. The molecule has 1 heterocycles. The lowest BCUT2D eigenvalue weighted by atomic mass is 10.2. The molecule has 2 aromatic carbocycles. The fourth-order valence-corrected chi connectivity index (χ4v) is 4.92. The Hall–Kier alpha value is -2.97. The number of benzene rings is 2. The van der Waals surface area contributed by atoms with Gasteiger partial charge in [0, 0.05) is 46.3 Å². The van der Waals surface area contributed by atoms with Gasteiger partial charge in [-0.25, -0.2) is 22.8 Å². The third-order valence-electron chi connectivity index (χ3n) is 6.16. The summed E-state index contributed by atoms with van der Waals surface area (Å²) in [7, 11) is 1.41. The summed E-state index contributed by atoms with van der Waals surface area (Å²) in [5.74, 6) is -3.58. The van der Waals surface area contributed by atoms with Crippen LogP contribution in [0.25, 0.3) is 0 Å². The molecule has 3 rings (SSSR count). The standard InChI is InChI=1S/C25H33F2N5O5S.C2H6/c1-18-4-6-19(7-5-18)37-25-21(26)14-20(15-22(25)27)38(36)32(16-23(33)28-35)13-10-30(3)24(34)17-31-11-8-29(2)9-12-31;1-2/h4-7,14-15,35H,8-13,16-17H2,1-3H3,(H,28,33);1-2H3. The smallest absolute Gasteiger partial charge is 0.258 e. The molecule has 1 atom stereocenters. The number of nitrogens with zero attached hydrogens (tertiary/aromatic N) is 4. The molecule has 0 saturated carbocycles. The van der Waals surface area contributed by atoms with Gasteiger partial charge in [0.1, 0.15) is 16.7 Å². The molecule has 1 aliphatic heterocycles. The average molecular weight is 584 g/mol. The minimum atomic E-state index is -2.19. The number of aryl methyl sites for hydroxylation is 1. The molecule has 40 heavy (non-hydrogen) atoms. The molecule has 0 radical (unpaired) electrons. The van der Waals surface area contributed by atoms with Crippen LogP contribution in [0.1, 0.15) is 19.4 Å². The highest BCUT2D eigenvalue weighted by atomic mass is 32.2. The summed E-state index contributed by atoms with van der Waals surface area (Å²) >= 11 is 0. The third-order valence-corrected chi connectivity index (χ3v) is 7.58. The molecular weight excluding hydrogens is 544 g/mol. The number of carbonyl (C=O) groups is 2. The molecule has 1 unspecified atom stereocenters. The van der Waals surface area contributed by atoms with Crippen molar-refractivity contribution in [3.8, 4) is 11.5 Å². The molecule has 222 valence electrons. The highest BCUT2D eigenvalue weighted by Crippen LogP contribution is 2.30. The molecule has 0 aromatic heterocycles. The number of piperazine rings is 1. The van der Waals surface area contributed by atoms with Crippen molar-refractivity contribution in [1.82, 2.24) is 24.5 Å². The molecule has 0 bridgehead atoms. The number of ether oxygens (including phenoxy) is 1. The van der Waals surface area contributed by atoms with Gasteiger partial charge in [0.15, 0.2) is 17.4 Å². The van der Waals surface area contributed by atoms with E-state index in [1.165, 1.54) is 10.4 Å². The second-order valence-electron chi connectivity index (χ2n) is 9.17. The maximum Gasteiger partial charge on any atom is 0.258 e. The van der Waals surface area contributed by atoms with Gasteiger partial charge >= 0.3 is 0 Å². The van der Waals surface area contributed by atoms with Gasteiger partial charge in [-0.3, -0.25) is 19.7 Å². The number of likely N-dealkylation sites (N-methyl/N-ethyl adjacent to an activating group) is 2. The van der Waals surface area contributed by atoms with Crippen LogP contribution >= 0.6 is 0 Å². The van der Waals surface area contributed by atoms with Crippen LogP contribution in [-0.4, -0.2) is 107 Å². The number of amides is 2. The van der Waals surface area contributed by atoms with Gasteiger partial charge in [0.05, 0.1) is 18.0 Å². The normalized spacial score (nSPS) is 14.7. The van der Waals surface area contributed by atoms with Gasteiger partial charge in [-0.2, -0.15) is 0 Å². The van der Waals surface area contributed by atoms with E-state index in [0.717, 1.165) is 48.2 Å². The zero-order valence-electron chi connectivity index (χ0n) is 23.7. The van der Waals surface area contributed by atoms with Gasteiger partial charge in [-0.05, 0) is 38.2 Å². The Morgan fingerprint density at radius 1 is 1.05 bits per heavy atom. The maximum absolute atomic E-state index is 14.8. The Morgan fingerprint density at radius 3 is 2.17 bits per heavy atom. The Morgan fingerprint density at radius 2 is 1.62 bits per heavy atom. The van der Waals surface area contributed by atoms with Gasteiger partial charge < -0.3 is 14.5 Å². The molecule has 1 fully saturated rings. The van der Waals surface area contributed by atoms with Crippen molar-refractivity contribution >= 4 is 22.8 Å². The number of halogens is 2. The van der Waals surface area contributed by atoms with Crippen LogP contribution in [0.2, 0.25) is 0 Å². The van der Waals surface area contributed by atoms with Gasteiger partial charge in [0.2, 0.25) is 5.91 Å². The predicted molar refractivity (Wildman–Crippen MR) is 148 cm³/mol. The van der Waals surface area contributed by atoms with Crippen LogP contribution in [0, 0.1) is 18.6 Å². The second kappa shape index (κ2) is 16.3. The quantitative estimate of drug-likeness (QED) is 0.310. The molecule has 13 heteroatoms. The Bertz CT molecular complexity index is 1120. The lowest BCUT2D eigenvalue weighted by Crippen LogP contribution is -2.49. The van der Waals surface area contributed by atoms with Gasteiger partial charge in [-0.15, -0.1) is 0 Å². The summed E-state index contributed by atoms with van der Waals surface area (Å²) in [4.78, 5) is 29.9. The van der Waals surface area contributed by atoms with E-state index in [2.05, 4.69) is 4.90 Å². The topological polar surface area (TPSA) is 106 Å². The molecule has 2 aromatic rings. The maximum atomic E-state index is 14.8. The van der Waals surface area contributed by atoms with E-state index in [9.17, 15) is 22.6 Å². The number of rotatable bonds is 11. The molecule has 1 saturated heterocycles. The molecule has 2 N–H and O–H groups in total. The van der Waals surface area contributed by atoms with E-state index in [0.29, 0.717) is 0 Å². The Labute approximate surface area is 237 Å². The monoisotopic (exact) mass is 583 g/mol. The molecule has 0 aliphatic carbocycles. The highest BCUT2D eigenvalue weighted by molar-refractivity contribution is 7.82. The first kappa shape index (κ1) is 33.2. The van der Waals surface area contributed by atoms with E-state index in [4.69, 9.17) is 9.94 Å². The van der Waals surface area contributed by atoms with Crippen molar-refractivity contribution in [2.45, 2.75) is 25.7 Å². The minimum absolute atomic E-state index is 0.0597. The molecule has 10 nitrogen and oxygen atoms in total. The Balaban J connectivity index is 0.00000274. The number of nitrogens with one attached hydrogen (secondary N) is 1. The van der Waals surface area contributed by atoms with Crippen LogP contribution in [-0.2, 0) is 20.6 Å². The summed E-state index contributed by atoms with van der Waals surface area (Å²) in [6.45, 7) is 8.85. The zero-order chi connectivity index (χ0) is 29.8. The fourth-order valence-electron chi connectivity index (χ4n) is 3.73. The summed E-state index contributed by atoms with van der Waals surface area (Å²) < 4.78 is 49.3. The van der Waals surface area contributed by atoms with E-state index in [1.807, 2.05) is 32.7 Å². The van der Waals surface area contributed by atoms with Crippen LogP contribution in [0.4, 0.5) is 8.78 Å². The first-order valence-corrected chi connectivity index (χ1v) is 14.2. The summed E-state index contributed by atoms with van der Waals surface area (Å²) in [6.07, 6.45) is 0. The summed E-state index contributed by atoms with van der Waals surface area (Å²) in [5.41, 5.74) is 2.41. The van der Waals surface area contributed by atoms with Crippen molar-refractivity contribution in [1.29, 1.82) is 0 Å². The van der Waals surface area contributed by atoms with E-state index in [1.54, 1.807) is 31.3 Å². The predicted octanol–water partition coefficient (Wildman–Crippen LogP) is 2.63. The molecule has 0 spiro atoms. The van der Waals surface area contributed by atoms with Crippen LogP contribution in [0.3, 0.4) is 0 Å². The van der Waals surface area contributed by atoms with Crippen molar-refractivity contribution in [3.63, 3.8) is 0 Å². The SMILES string of the molecule is CC.Cc1ccc(Oc2c(F)cc(S(=O)N(CCN(C)C(=O)CN3CCN(C)CC3)CC(=O)NO)cc2F)cc1. The number of hydrogen-bond donors (Lipinski definition) is 2. The number of carbonyl (C=O) groups excluding carboxylic acids is 2. The van der Waals surface area contributed by atoms with Crippen molar-refractivity contribution in [3.05, 3.63) is 53.6 Å². The minimum Gasteiger partial charge on any atom is -0.451 e. The van der Waals surface area contributed by atoms with E-state index in [-0.39, 0.29) is 36.2 Å². The highest BCUT2D eigenvalue weighted by Gasteiger charge is 2.24. The van der Waals surface area contributed by atoms with E-state index >= 15 is 0 Å². The summed E-state index contributed by atoms with van der Waals surface area (Å²) in [6, 6.07) is 8.33. The van der Waals surface area contributed by atoms with Crippen molar-refractivity contribution < 1.29 is 32.5 Å². The lowest BCUT2D eigenvalue weighted by molar-refractivity contribution is -0.131. The van der Waals surface area contributed by atoms with Crippen LogP contribution in [0.15, 0.2) is 41.3 Å². The largest absolute Gasteiger partial charge is 0.451 e. The van der Waals surface area contributed by atoms with Crippen molar-refractivity contribution in [2.24, 2.45) is 0 Å². The van der Waals surface area contributed by atoms with Gasteiger partial charge in [0.25, 0.3) is 5.91 Å². The number of hydrogen-bond acceptors (Lipinski definition) is 7. The summed E-state index contributed by atoms with van der Waals surface area (Å²) in [5, 5.41) is 8.95. The fraction of sp³-hybridized carbons (Fsp3) is 0.481. The van der Waals surface area contributed by atoms with E-state index < -0.39 is 40.8 Å². The van der Waals surface area contributed by atoms with Crippen molar-refractivity contribution in [2.75, 3.05) is 66.5 Å². The van der Waals surface area contributed by atoms with Crippen LogP contribution < -0.4 is 10.2 Å². The lowest BCUT2D eigenvalue weighted by Gasteiger charge is -2.33. The third kappa shape index (κ3) is 9.89. The second-order valence-corrected chi connectivity index (χ2v) is 10.7. The first-order chi connectivity index (χ1) is 19.1. The number of hydroxylamine groups is 1. The van der Waals surface area contributed by atoms with Crippen LogP contribution in [0.5, 0.6) is 11.5 Å².